The molecule has 0 N–H and O–H groups in total. The molecule has 0 aliphatic heterocycles. The van der Waals surface area contributed by atoms with Crippen molar-refractivity contribution in [2.45, 2.75) is 32.9 Å². The van der Waals surface area contributed by atoms with E-state index in [0.717, 1.165) is 5.56 Å². The van der Waals surface area contributed by atoms with Crippen LogP contribution in [0.4, 0.5) is 13.2 Å². The SMILES string of the molecule is CCOC(=O)c1ccc(OCc2ccc(OC(F)(F)F)cc2)c(OC(C)c2ccccc2)c1. The fraction of sp³-hybridized carbons (Fsp3) is 0.240. The number of carbonyl (C=O) groups excluding carboxylic acids is 1. The van der Waals surface area contributed by atoms with Crippen LogP contribution in [0.2, 0.25) is 0 Å². The molecule has 0 heterocycles. The van der Waals surface area contributed by atoms with Crippen molar-refractivity contribution in [2.75, 3.05) is 6.61 Å². The third kappa shape index (κ3) is 7.17. The Labute approximate surface area is 189 Å². The van der Waals surface area contributed by atoms with Crippen LogP contribution >= 0.6 is 0 Å². The van der Waals surface area contributed by atoms with E-state index in [2.05, 4.69) is 4.74 Å². The van der Waals surface area contributed by atoms with Gasteiger partial charge in [0.05, 0.1) is 12.2 Å². The highest BCUT2D eigenvalue weighted by molar-refractivity contribution is 5.90. The van der Waals surface area contributed by atoms with E-state index in [9.17, 15) is 18.0 Å². The van der Waals surface area contributed by atoms with Crippen molar-refractivity contribution in [1.82, 2.24) is 0 Å². The minimum Gasteiger partial charge on any atom is -0.485 e. The van der Waals surface area contributed by atoms with Crippen molar-refractivity contribution in [3.8, 4) is 17.2 Å². The second-order valence-corrected chi connectivity index (χ2v) is 7.03. The van der Waals surface area contributed by atoms with Crippen LogP contribution in [-0.4, -0.2) is 18.9 Å². The van der Waals surface area contributed by atoms with Gasteiger partial charge in [0.2, 0.25) is 0 Å². The largest absolute Gasteiger partial charge is 0.573 e. The Hall–Kier alpha value is -3.68. The Balaban J connectivity index is 1.77. The van der Waals surface area contributed by atoms with E-state index < -0.39 is 12.3 Å². The van der Waals surface area contributed by atoms with Crippen LogP contribution in [0.15, 0.2) is 72.8 Å². The van der Waals surface area contributed by atoms with Crippen LogP contribution in [-0.2, 0) is 11.3 Å². The van der Waals surface area contributed by atoms with Crippen LogP contribution in [0, 0.1) is 0 Å². The Morgan fingerprint density at radius 1 is 0.939 bits per heavy atom. The quantitative estimate of drug-likeness (QED) is 0.342. The molecule has 0 saturated heterocycles. The summed E-state index contributed by atoms with van der Waals surface area (Å²) >= 11 is 0. The molecule has 0 radical (unpaired) electrons. The maximum absolute atomic E-state index is 12.3. The molecule has 174 valence electrons. The molecule has 3 rings (SSSR count). The predicted molar refractivity (Wildman–Crippen MR) is 115 cm³/mol. The van der Waals surface area contributed by atoms with E-state index in [1.165, 1.54) is 24.3 Å². The van der Waals surface area contributed by atoms with Gasteiger partial charge in [0.25, 0.3) is 0 Å². The van der Waals surface area contributed by atoms with Gasteiger partial charge in [-0.2, -0.15) is 0 Å². The molecule has 0 saturated carbocycles. The fourth-order valence-corrected chi connectivity index (χ4v) is 2.99. The highest BCUT2D eigenvalue weighted by atomic mass is 19.4. The number of hydrogen-bond donors (Lipinski definition) is 0. The Kier molecular flexibility index (Phi) is 7.82. The van der Waals surface area contributed by atoms with Gasteiger partial charge in [-0.3, -0.25) is 0 Å². The van der Waals surface area contributed by atoms with Gasteiger partial charge in [-0.1, -0.05) is 42.5 Å². The van der Waals surface area contributed by atoms with Gasteiger partial charge in [0.1, 0.15) is 18.5 Å². The number of carbonyl (C=O) groups is 1. The number of hydrogen-bond acceptors (Lipinski definition) is 5. The second kappa shape index (κ2) is 10.8. The molecule has 1 atom stereocenters. The zero-order valence-corrected chi connectivity index (χ0v) is 18.1. The van der Waals surface area contributed by atoms with E-state index in [-0.39, 0.29) is 25.1 Å². The first-order valence-corrected chi connectivity index (χ1v) is 10.3. The molecular weight excluding hydrogens is 437 g/mol. The second-order valence-electron chi connectivity index (χ2n) is 7.03. The van der Waals surface area contributed by atoms with Gasteiger partial charge in [0.15, 0.2) is 11.5 Å². The third-order valence-corrected chi connectivity index (χ3v) is 4.58. The van der Waals surface area contributed by atoms with E-state index in [0.29, 0.717) is 22.6 Å². The lowest BCUT2D eigenvalue weighted by Crippen LogP contribution is -2.17. The molecule has 5 nitrogen and oxygen atoms in total. The van der Waals surface area contributed by atoms with E-state index >= 15 is 0 Å². The van der Waals surface area contributed by atoms with Crippen LogP contribution in [0.3, 0.4) is 0 Å². The molecule has 0 fully saturated rings. The summed E-state index contributed by atoms with van der Waals surface area (Å²) in [4.78, 5) is 12.2. The number of esters is 1. The first-order chi connectivity index (χ1) is 15.7. The van der Waals surface area contributed by atoms with Crippen molar-refractivity contribution in [3.63, 3.8) is 0 Å². The Morgan fingerprint density at radius 3 is 2.27 bits per heavy atom. The number of halogens is 3. The van der Waals surface area contributed by atoms with E-state index in [4.69, 9.17) is 14.2 Å². The maximum atomic E-state index is 12.3. The van der Waals surface area contributed by atoms with Crippen LogP contribution in [0.25, 0.3) is 0 Å². The van der Waals surface area contributed by atoms with Gasteiger partial charge in [0, 0.05) is 0 Å². The van der Waals surface area contributed by atoms with Crippen molar-refractivity contribution >= 4 is 5.97 Å². The number of ether oxygens (including phenoxy) is 4. The zero-order valence-electron chi connectivity index (χ0n) is 18.1. The van der Waals surface area contributed by atoms with E-state index in [1.54, 1.807) is 25.1 Å². The highest BCUT2D eigenvalue weighted by Crippen LogP contribution is 2.33. The summed E-state index contributed by atoms with van der Waals surface area (Å²) in [6.45, 7) is 3.90. The Bertz CT molecular complexity index is 1050. The average molecular weight is 460 g/mol. The van der Waals surface area contributed by atoms with Gasteiger partial charge in [-0.05, 0) is 55.3 Å². The van der Waals surface area contributed by atoms with Gasteiger partial charge < -0.3 is 18.9 Å². The number of rotatable bonds is 9. The summed E-state index contributed by atoms with van der Waals surface area (Å²) in [5, 5.41) is 0. The van der Waals surface area contributed by atoms with Crippen molar-refractivity contribution in [1.29, 1.82) is 0 Å². The van der Waals surface area contributed by atoms with Gasteiger partial charge >= 0.3 is 12.3 Å². The van der Waals surface area contributed by atoms with Crippen molar-refractivity contribution in [2.24, 2.45) is 0 Å². The lowest BCUT2D eigenvalue weighted by molar-refractivity contribution is -0.274. The van der Waals surface area contributed by atoms with Crippen molar-refractivity contribution < 1.29 is 36.9 Å². The molecule has 33 heavy (non-hydrogen) atoms. The molecule has 0 aliphatic carbocycles. The maximum Gasteiger partial charge on any atom is 0.573 e. The summed E-state index contributed by atoms with van der Waals surface area (Å²) in [6, 6.07) is 19.6. The van der Waals surface area contributed by atoms with E-state index in [1.807, 2.05) is 37.3 Å². The minimum atomic E-state index is -4.75. The summed E-state index contributed by atoms with van der Waals surface area (Å²) in [5.74, 6) is -0.0809. The minimum absolute atomic E-state index is 0.0706. The smallest absolute Gasteiger partial charge is 0.485 e. The fourth-order valence-electron chi connectivity index (χ4n) is 2.99. The predicted octanol–water partition coefficient (Wildman–Crippen LogP) is 6.48. The molecule has 0 amide bonds. The topological polar surface area (TPSA) is 54.0 Å². The summed E-state index contributed by atoms with van der Waals surface area (Å²) < 4.78 is 57.9. The first-order valence-electron chi connectivity index (χ1n) is 10.3. The lowest BCUT2D eigenvalue weighted by atomic mass is 10.1. The summed E-state index contributed by atoms with van der Waals surface area (Å²) in [6.07, 6.45) is -5.08. The van der Waals surface area contributed by atoms with Gasteiger partial charge in [-0.25, -0.2) is 4.79 Å². The number of alkyl halides is 3. The molecule has 3 aromatic carbocycles. The average Bonchev–Trinajstić information content (AvgIpc) is 2.79. The molecule has 0 spiro atoms. The normalized spacial score (nSPS) is 12.0. The first kappa shape index (κ1) is 24.0. The van der Waals surface area contributed by atoms with Crippen molar-refractivity contribution in [3.05, 3.63) is 89.5 Å². The summed E-state index contributed by atoms with van der Waals surface area (Å²) in [7, 11) is 0. The van der Waals surface area contributed by atoms with Crippen LogP contribution in [0.1, 0.15) is 41.4 Å². The molecule has 1 unspecified atom stereocenters. The monoisotopic (exact) mass is 460 g/mol. The standard InChI is InChI=1S/C25H23F3O5/c1-3-30-24(29)20-11-14-22(23(15-20)32-17(2)19-7-5-4-6-8-19)31-16-18-9-12-21(13-10-18)33-25(26,27)28/h4-15,17H,3,16H2,1-2H3. The lowest BCUT2D eigenvalue weighted by Gasteiger charge is -2.19. The molecular formula is C25H23F3O5. The Morgan fingerprint density at radius 2 is 1.64 bits per heavy atom. The van der Waals surface area contributed by atoms with Crippen LogP contribution < -0.4 is 14.2 Å². The zero-order chi connectivity index (χ0) is 23.8. The summed E-state index contributed by atoms with van der Waals surface area (Å²) in [5.41, 5.74) is 1.87. The number of benzene rings is 3. The molecule has 3 aromatic rings. The molecule has 0 aliphatic rings. The van der Waals surface area contributed by atoms with Crippen LogP contribution in [0.5, 0.6) is 17.2 Å². The third-order valence-electron chi connectivity index (χ3n) is 4.58. The van der Waals surface area contributed by atoms with Gasteiger partial charge in [-0.15, -0.1) is 13.2 Å². The molecule has 0 bridgehead atoms. The molecule has 8 heteroatoms. The highest BCUT2D eigenvalue weighted by Gasteiger charge is 2.31. The molecule has 0 aromatic heterocycles.